The Morgan fingerprint density at radius 3 is 2.39 bits per heavy atom. The third-order valence-electron chi connectivity index (χ3n) is 5.43. The van der Waals surface area contributed by atoms with Gasteiger partial charge in [0.05, 0.1) is 30.3 Å². The molecular formula is C27H30ClNO4S3. The van der Waals surface area contributed by atoms with Crippen molar-refractivity contribution in [2.75, 3.05) is 24.2 Å². The number of halogens is 1. The maximum atomic E-state index is 13.3. The minimum Gasteiger partial charge on any atom is -0.466 e. The summed E-state index contributed by atoms with van der Waals surface area (Å²) in [5.41, 5.74) is 3.15. The summed E-state index contributed by atoms with van der Waals surface area (Å²) >= 11 is 10.9. The monoisotopic (exact) mass is 563 g/mol. The standard InChI is InChI=1S/C27H30ClNO4S3/c1-16(2)33-27(31)23-17(3)29-21(14-35-15-36-19-12-10-18(28)11-13-19)25(26(30)32-4)24(23)20-8-6-7-9-22(20)34-5/h6-13,16,24,29H,14-15H2,1-5H3. The largest absolute Gasteiger partial charge is 0.466 e. The third-order valence-corrected chi connectivity index (χ3v) is 8.73. The zero-order chi connectivity index (χ0) is 26.2. The van der Waals surface area contributed by atoms with E-state index in [-0.39, 0.29) is 6.10 Å². The van der Waals surface area contributed by atoms with Gasteiger partial charge in [-0.3, -0.25) is 0 Å². The summed E-state index contributed by atoms with van der Waals surface area (Å²) < 4.78 is 10.8. The van der Waals surface area contributed by atoms with E-state index >= 15 is 0 Å². The van der Waals surface area contributed by atoms with Crippen LogP contribution in [0.25, 0.3) is 0 Å². The molecule has 1 unspecified atom stereocenters. The molecule has 0 spiro atoms. The fraction of sp³-hybridized carbons (Fsp3) is 0.333. The second-order valence-electron chi connectivity index (χ2n) is 8.24. The van der Waals surface area contributed by atoms with Crippen molar-refractivity contribution in [1.29, 1.82) is 0 Å². The van der Waals surface area contributed by atoms with E-state index in [1.54, 1.807) is 35.3 Å². The highest BCUT2D eigenvalue weighted by atomic mass is 35.5. The highest BCUT2D eigenvalue weighted by Crippen LogP contribution is 2.43. The van der Waals surface area contributed by atoms with Crippen LogP contribution in [0.3, 0.4) is 0 Å². The first-order valence-corrected chi connectivity index (χ1v) is 15.1. The predicted octanol–water partition coefficient (Wildman–Crippen LogP) is 6.88. The first-order valence-electron chi connectivity index (χ1n) is 11.4. The molecule has 1 N–H and O–H groups in total. The number of methoxy groups -OCH3 is 1. The Labute approximate surface area is 230 Å². The van der Waals surface area contributed by atoms with Crippen molar-refractivity contribution in [3.63, 3.8) is 0 Å². The lowest BCUT2D eigenvalue weighted by Crippen LogP contribution is -2.34. The number of thioether (sulfide) groups is 3. The van der Waals surface area contributed by atoms with E-state index in [4.69, 9.17) is 21.1 Å². The normalized spacial score (nSPS) is 15.7. The molecule has 36 heavy (non-hydrogen) atoms. The zero-order valence-corrected chi connectivity index (χ0v) is 24.1. The van der Waals surface area contributed by atoms with E-state index in [2.05, 4.69) is 5.32 Å². The van der Waals surface area contributed by atoms with Gasteiger partial charge in [-0.05, 0) is 62.9 Å². The van der Waals surface area contributed by atoms with Gasteiger partial charge in [0.2, 0.25) is 0 Å². The van der Waals surface area contributed by atoms with Crippen LogP contribution in [0.1, 0.15) is 32.3 Å². The fourth-order valence-corrected chi connectivity index (χ4v) is 6.64. The van der Waals surface area contributed by atoms with Crippen LogP contribution in [-0.4, -0.2) is 42.2 Å². The van der Waals surface area contributed by atoms with Gasteiger partial charge in [-0.25, -0.2) is 9.59 Å². The molecule has 0 aliphatic carbocycles. The lowest BCUT2D eigenvalue weighted by atomic mass is 9.80. The SMILES string of the molecule is COC(=O)C1=C(CSCSc2ccc(Cl)cc2)NC(C)=C(C(=O)OC(C)C)C1c1ccccc1SC. The van der Waals surface area contributed by atoms with Gasteiger partial charge in [-0.1, -0.05) is 29.8 Å². The first kappa shape index (κ1) is 28.6. The summed E-state index contributed by atoms with van der Waals surface area (Å²) in [6.07, 6.45) is 1.69. The Morgan fingerprint density at radius 1 is 1.06 bits per heavy atom. The smallest absolute Gasteiger partial charge is 0.337 e. The molecule has 192 valence electrons. The van der Waals surface area contributed by atoms with Crippen LogP contribution >= 0.6 is 46.9 Å². The van der Waals surface area contributed by atoms with Gasteiger partial charge in [0.15, 0.2) is 0 Å². The summed E-state index contributed by atoms with van der Waals surface area (Å²) in [7, 11) is 1.37. The minimum absolute atomic E-state index is 0.290. The van der Waals surface area contributed by atoms with Gasteiger partial charge < -0.3 is 14.8 Å². The summed E-state index contributed by atoms with van der Waals surface area (Å²) in [4.78, 5) is 28.6. The maximum Gasteiger partial charge on any atom is 0.337 e. The van der Waals surface area contributed by atoms with Gasteiger partial charge in [0.25, 0.3) is 0 Å². The van der Waals surface area contributed by atoms with Crippen LogP contribution < -0.4 is 5.32 Å². The molecule has 0 saturated carbocycles. The van der Waals surface area contributed by atoms with Crippen LogP contribution in [-0.2, 0) is 19.1 Å². The number of carbonyl (C=O) groups excluding carboxylic acids is 2. The van der Waals surface area contributed by atoms with Gasteiger partial charge >= 0.3 is 11.9 Å². The Balaban J connectivity index is 1.98. The topological polar surface area (TPSA) is 64.6 Å². The van der Waals surface area contributed by atoms with Gasteiger partial charge in [-0.15, -0.1) is 35.3 Å². The highest BCUT2D eigenvalue weighted by molar-refractivity contribution is 8.16. The van der Waals surface area contributed by atoms with E-state index in [9.17, 15) is 9.59 Å². The average Bonchev–Trinajstić information content (AvgIpc) is 2.86. The number of rotatable bonds is 10. The van der Waals surface area contributed by atoms with Crippen LogP contribution in [0.2, 0.25) is 5.02 Å². The summed E-state index contributed by atoms with van der Waals surface area (Å²) in [5, 5.41) is 4.81. The predicted molar refractivity (Wildman–Crippen MR) is 152 cm³/mol. The number of carbonyl (C=O) groups is 2. The summed E-state index contributed by atoms with van der Waals surface area (Å²) in [6, 6.07) is 15.5. The number of hydrogen-bond acceptors (Lipinski definition) is 8. The molecule has 5 nitrogen and oxygen atoms in total. The van der Waals surface area contributed by atoms with E-state index < -0.39 is 17.9 Å². The third kappa shape index (κ3) is 7.06. The lowest BCUT2D eigenvalue weighted by Gasteiger charge is -2.32. The number of nitrogens with one attached hydrogen (secondary N) is 1. The molecule has 0 bridgehead atoms. The van der Waals surface area contributed by atoms with E-state index in [1.807, 2.05) is 75.6 Å². The van der Waals surface area contributed by atoms with Crippen LogP contribution in [0, 0.1) is 0 Å². The quantitative estimate of drug-likeness (QED) is 0.145. The van der Waals surface area contributed by atoms with Crippen molar-refractivity contribution in [1.82, 2.24) is 5.32 Å². The first-order chi connectivity index (χ1) is 17.3. The second kappa shape index (κ2) is 13.5. The molecule has 0 fully saturated rings. The second-order valence-corrected chi connectivity index (χ2v) is 11.9. The molecule has 1 aliphatic heterocycles. The highest BCUT2D eigenvalue weighted by Gasteiger charge is 2.39. The Bertz CT molecular complexity index is 1160. The molecule has 0 radical (unpaired) electrons. The molecular weight excluding hydrogens is 534 g/mol. The molecule has 2 aromatic rings. The van der Waals surface area contributed by atoms with Crippen LogP contribution in [0.4, 0.5) is 0 Å². The number of benzene rings is 2. The number of ether oxygens (including phenoxy) is 2. The van der Waals surface area contributed by atoms with E-state index in [0.717, 1.165) is 26.1 Å². The molecule has 0 amide bonds. The molecule has 1 aliphatic rings. The average molecular weight is 564 g/mol. The number of hydrogen-bond donors (Lipinski definition) is 1. The van der Waals surface area contributed by atoms with E-state index in [1.165, 1.54) is 7.11 Å². The Kier molecular flexibility index (Phi) is 10.7. The lowest BCUT2D eigenvalue weighted by molar-refractivity contribution is -0.143. The van der Waals surface area contributed by atoms with Crippen molar-refractivity contribution >= 4 is 58.8 Å². The number of allylic oxidation sites excluding steroid dienone is 1. The van der Waals surface area contributed by atoms with Gasteiger partial charge in [-0.2, -0.15) is 0 Å². The fourth-order valence-electron chi connectivity index (χ4n) is 3.91. The minimum atomic E-state index is -0.604. The van der Waals surface area contributed by atoms with Crippen molar-refractivity contribution in [2.45, 2.75) is 42.6 Å². The molecule has 9 heteroatoms. The number of esters is 2. The molecule has 1 atom stereocenters. The Hall–Kier alpha value is -2.00. The van der Waals surface area contributed by atoms with Crippen molar-refractivity contribution in [2.24, 2.45) is 0 Å². The molecule has 0 saturated heterocycles. The summed E-state index contributed by atoms with van der Waals surface area (Å²) in [5.74, 6) is -0.963. The van der Waals surface area contributed by atoms with Crippen molar-refractivity contribution in [3.05, 3.63) is 81.7 Å². The van der Waals surface area contributed by atoms with Gasteiger partial charge in [0, 0.05) is 37.0 Å². The number of dihydropyridines is 1. The van der Waals surface area contributed by atoms with E-state index in [0.29, 0.717) is 27.6 Å². The molecule has 0 aromatic heterocycles. The van der Waals surface area contributed by atoms with Crippen LogP contribution in [0.5, 0.6) is 0 Å². The Morgan fingerprint density at radius 2 is 1.75 bits per heavy atom. The van der Waals surface area contributed by atoms with Crippen molar-refractivity contribution in [3.8, 4) is 0 Å². The summed E-state index contributed by atoms with van der Waals surface area (Å²) in [6.45, 7) is 5.48. The molecule has 2 aromatic carbocycles. The van der Waals surface area contributed by atoms with Gasteiger partial charge in [0.1, 0.15) is 0 Å². The molecule has 3 rings (SSSR count). The zero-order valence-electron chi connectivity index (χ0n) is 20.9. The maximum absolute atomic E-state index is 13.3. The van der Waals surface area contributed by atoms with Crippen LogP contribution in [0.15, 0.2) is 80.9 Å². The van der Waals surface area contributed by atoms with Crippen molar-refractivity contribution < 1.29 is 19.1 Å². The molecule has 1 heterocycles.